The summed E-state index contributed by atoms with van der Waals surface area (Å²) in [5.41, 5.74) is 9.21. The Hall–Kier alpha value is -2.27. The summed E-state index contributed by atoms with van der Waals surface area (Å²) in [6.07, 6.45) is 0.445. The number of rotatable bonds is 3. The average molecular weight is 287 g/mol. The van der Waals surface area contributed by atoms with Crippen molar-refractivity contribution in [2.24, 2.45) is 12.8 Å². The number of hydrogen-bond donors (Lipinski definition) is 1. The standard InChI is InChI=1S/C16H15F2N3/c1-21-15-7-11(9-19)3-5-14(15)20-16(21)8-10-2-4-12(17)13(18)6-10/h2-7H,8-9,19H2,1H3. The van der Waals surface area contributed by atoms with Crippen LogP contribution in [0.15, 0.2) is 36.4 Å². The molecule has 0 spiro atoms. The van der Waals surface area contributed by atoms with E-state index in [0.717, 1.165) is 28.5 Å². The van der Waals surface area contributed by atoms with Crippen LogP contribution in [-0.2, 0) is 20.0 Å². The quantitative estimate of drug-likeness (QED) is 0.805. The Kier molecular flexibility index (Phi) is 3.43. The molecule has 0 unspecified atom stereocenters. The van der Waals surface area contributed by atoms with Gasteiger partial charge in [-0.2, -0.15) is 0 Å². The maximum Gasteiger partial charge on any atom is 0.159 e. The van der Waals surface area contributed by atoms with Gasteiger partial charge in [0.05, 0.1) is 11.0 Å². The van der Waals surface area contributed by atoms with E-state index >= 15 is 0 Å². The lowest BCUT2D eigenvalue weighted by atomic mass is 10.1. The molecule has 0 aliphatic rings. The van der Waals surface area contributed by atoms with Crippen molar-refractivity contribution in [1.29, 1.82) is 0 Å². The van der Waals surface area contributed by atoms with Crippen molar-refractivity contribution >= 4 is 11.0 Å². The van der Waals surface area contributed by atoms with Crippen molar-refractivity contribution in [3.05, 3.63) is 65.0 Å². The highest BCUT2D eigenvalue weighted by Crippen LogP contribution is 2.19. The Balaban J connectivity index is 2.00. The maximum absolute atomic E-state index is 13.3. The molecule has 0 saturated carbocycles. The van der Waals surface area contributed by atoms with E-state index in [2.05, 4.69) is 4.98 Å². The second-order valence-electron chi connectivity index (χ2n) is 5.04. The van der Waals surface area contributed by atoms with Gasteiger partial charge in [-0.3, -0.25) is 0 Å². The van der Waals surface area contributed by atoms with Crippen LogP contribution < -0.4 is 5.73 Å². The van der Waals surface area contributed by atoms with E-state index in [1.54, 1.807) is 6.07 Å². The smallest absolute Gasteiger partial charge is 0.159 e. The Morgan fingerprint density at radius 2 is 1.81 bits per heavy atom. The number of nitrogens with two attached hydrogens (primary N) is 1. The fourth-order valence-electron chi connectivity index (χ4n) is 2.40. The Morgan fingerprint density at radius 3 is 2.52 bits per heavy atom. The minimum absolute atomic E-state index is 0.445. The predicted octanol–water partition coefficient (Wildman–Crippen LogP) is 2.90. The van der Waals surface area contributed by atoms with E-state index in [9.17, 15) is 8.78 Å². The molecule has 0 amide bonds. The Morgan fingerprint density at radius 1 is 1.05 bits per heavy atom. The molecule has 3 nitrogen and oxygen atoms in total. The molecule has 1 heterocycles. The first-order valence-corrected chi connectivity index (χ1v) is 6.66. The number of aryl methyl sites for hydroxylation is 1. The van der Waals surface area contributed by atoms with Crippen molar-refractivity contribution in [3.8, 4) is 0 Å². The highest BCUT2D eigenvalue weighted by Gasteiger charge is 2.10. The first-order valence-electron chi connectivity index (χ1n) is 6.66. The second-order valence-corrected chi connectivity index (χ2v) is 5.04. The van der Waals surface area contributed by atoms with E-state index in [1.807, 2.05) is 29.8 Å². The Bertz CT molecular complexity index is 809. The van der Waals surface area contributed by atoms with E-state index in [1.165, 1.54) is 6.07 Å². The van der Waals surface area contributed by atoms with Crippen molar-refractivity contribution < 1.29 is 8.78 Å². The van der Waals surface area contributed by atoms with Crippen molar-refractivity contribution in [1.82, 2.24) is 9.55 Å². The number of halogens is 2. The van der Waals surface area contributed by atoms with Crippen LogP contribution >= 0.6 is 0 Å². The zero-order chi connectivity index (χ0) is 15.0. The topological polar surface area (TPSA) is 43.8 Å². The average Bonchev–Trinajstić information content (AvgIpc) is 2.79. The molecule has 0 fully saturated rings. The van der Waals surface area contributed by atoms with Gasteiger partial charge in [0.15, 0.2) is 11.6 Å². The zero-order valence-corrected chi connectivity index (χ0v) is 11.6. The molecular weight excluding hydrogens is 272 g/mol. The first kappa shape index (κ1) is 13.7. The van der Waals surface area contributed by atoms with Crippen LogP contribution in [0.4, 0.5) is 8.78 Å². The molecule has 3 rings (SSSR count). The Labute approximate surface area is 121 Å². The lowest BCUT2D eigenvalue weighted by Crippen LogP contribution is -2.00. The number of aromatic nitrogens is 2. The molecule has 3 aromatic rings. The number of nitrogens with zero attached hydrogens (tertiary/aromatic N) is 2. The third-order valence-electron chi connectivity index (χ3n) is 3.62. The summed E-state index contributed by atoms with van der Waals surface area (Å²) >= 11 is 0. The minimum Gasteiger partial charge on any atom is -0.331 e. The lowest BCUT2D eigenvalue weighted by Gasteiger charge is -2.04. The predicted molar refractivity (Wildman–Crippen MR) is 77.8 cm³/mol. The minimum atomic E-state index is -0.837. The van der Waals surface area contributed by atoms with Crippen LogP contribution in [0.3, 0.4) is 0 Å². The van der Waals surface area contributed by atoms with Crippen LogP contribution in [0.1, 0.15) is 17.0 Å². The molecule has 0 saturated heterocycles. The molecule has 108 valence electrons. The zero-order valence-electron chi connectivity index (χ0n) is 11.6. The number of hydrogen-bond acceptors (Lipinski definition) is 2. The molecule has 5 heteroatoms. The van der Waals surface area contributed by atoms with Gasteiger partial charge in [0.2, 0.25) is 0 Å². The second kappa shape index (κ2) is 5.26. The van der Waals surface area contributed by atoms with Crippen LogP contribution in [0, 0.1) is 11.6 Å². The van der Waals surface area contributed by atoms with Crippen molar-refractivity contribution in [2.45, 2.75) is 13.0 Å². The van der Waals surface area contributed by atoms with Gasteiger partial charge in [0.25, 0.3) is 0 Å². The molecule has 0 radical (unpaired) electrons. The number of benzene rings is 2. The normalized spacial score (nSPS) is 11.2. The van der Waals surface area contributed by atoms with E-state index < -0.39 is 11.6 Å². The van der Waals surface area contributed by atoms with Gasteiger partial charge < -0.3 is 10.3 Å². The third kappa shape index (κ3) is 2.52. The van der Waals surface area contributed by atoms with Crippen LogP contribution in [0.5, 0.6) is 0 Å². The van der Waals surface area contributed by atoms with Gasteiger partial charge in [0.1, 0.15) is 5.82 Å². The molecule has 2 aromatic carbocycles. The van der Waals surface area contributed by atoms with Gasteiger partial charge in [-0.25, -0.2) is 13.8 Å². The molecule has 0 atom stereocenters. The van der Waals surface area contributed by atoms with Crippen LogP contribution in [0.2, 0.25) is 0 Å². The highest BCUT2D eigenvalue weighted by atomic mass is 19.2. The van der Waals surface area contributed by atoms with E-state index in [4.69, 9.17) is 5.73 Å². The van der Waals surface area contributed by atoms with Crippen molar-refractivity contribution in [3.63, 3.8) is 0 Å². The molecule has 2 N–H and O–H groups in total. The third-order valence-corrected chi connectivity index (χ3v) is 3.62. The summed E-state index contributed by atoms with van der Waals surface area (Å²) in [6, 6.07) is 9.78. The summed E-state index contributed by atoms with van der Waals surface area (Å²) in [5.74, 6) is -0.877. The summed E-state index contributed by atoms with van der Waals surface area (Å²) in [5, 5.41) is 0. The molecule has 0 aliphatic carbocycles. The van der Waals surface area contributed by atoms with Gasteiger partial charge in [-0.05, 0) is 35.4 Å². The fourth-order valence-corrected chi connectivity index (χ4v) is 2.40. The van der Waals surface area contributed by atoms with Crippen LogP contribution in [-0.4, -0.2) is 9.55 Å². The summed E-state index contributed by atoms with van der Waals surface area (Å²) < 4.78 is 28.2. The summed E-state index contributed by atoms with van der Waals surface area (Å²) in [6.45, 7) is 0.472. The first-order chi connectivity index (χ1) is 10.1. The number of fused-ring (bicyclic) bond motifs is 1. The van der Waals surface area contributed by atoms with Crippen LogP contribution in [0.25, 0.3) is 11.0 Å². The molecule has 1 aromatic heterocycles. The molecule has 0 aliphatic heterocycles. The summed E-state index contributed by atoms with van der Waals surface area (Å²) in [4.78, 5) is 4.54. The molecule has 21 heavy (non-hydrogen) atoms. The SMILES string of the molecule is Cn1c(Cc2ccc(F)c(F)c2)nc2ccc(CN)cc21. The van der Waals surface area contributed by atoms with Gasteiger partial charge >= 0.3 is 0 Å². The molecular formula is C16H15F2N3. The van der Waals surface area contributed by atoms with E-state index in [-0.39, 0.29) is 0 Å². The number of imidazole rings is 1. The van der Waals surface area contributed by atoms with Gasteiger partial charge in [0, 0.05) is 20.0 Å². The van der Waals surface area contributed by atoms with Gasteiger partial charge in [-0.15, -0.1) is 0 Å². The van der Waals surface area contributed by atoms with E-state index in [0.29, 0.717) is 18.5 Å². The van der Waals surface area contributed by atoms with Gasteiger partial charge in [-0.1, -0.05) is 12.1 Å². The van der Waals surface area contributed by atoms with Crippen molar-refractivity contribution in [2.75, 3.05) is 0 Å². The maximum atomic E-state index is 13.3. The largest absolute Gasteiger partial charge is 0.331 e. The monoisotopic (exact) mass is 287 g/mol. The highest BCUT2D eigenvalue weighted by molar-refractivity contribution is 5.77. The lowest BCUT2D eigenvalue weighted by molar-refractivity contribution is 0.507. The fraction of sp³-hybridized carbons (Fsp3) is 0.188. The molecule has 0 bridgehead atoms. The summed E-state index contributed by atoms with van der Waals surface area (Å²) in [7, 11) is 1.91.